The summed E-state index contributed by atoms with van der Waals surface area (Å²) in [4.78, 5) is 4.00. The van der Waals surface area contributed by atoms with Gasteiger partial charge in [0.1, 0.15) is 0 Å². The zero-order valence-corrected chi connectivity index (χ0v) is 9.08. The van der Waals surface area contributed by atoms with Gasteiger partial charge >= 0.3 is 0 Å². The van der Waals surface area contributed by atoms with Gasteiger partial charge in [0.05, 0.1) is 0 Å². The van der Waals surface area contributed by atoms with E-state index in [1.165, 1.54) is 38.0 Å². The highest BCUT2D eigenvalue weighted by Gasteiger charge is 2.11. The van der Waals surface area contributed by atoms with Crippen LogP contribution in [0.5, 0.6) is 0 Å². The van der Waals surface area contributed by atoms with Gasteiger partial charge in [-0.2, -0.15) is 0 Å². The molecule has 0 spiro atoms. The molecule has 2 rings (SSSR count). The maximum absolute atomic E-state index is 4.00. The SMILES string of the molecule is c1cc(NCCC2CCNCC2)ccn1. The number of aromatic nitrogens is 1. The normalized spacial score (nSPS) is 17.6. The van der Waals surface area contributed by atoms with Crippen molar-refractivity contribution in [3.63, 3.8) is 0 Å². The van der Waals surface area contributed by atoms with E-state index in [-0.39, 0.29) is 0 Å². The number of rotatable bonds is 4. The third-order valence-electron chi connectivity index (χ3n) is 3.02. The van der Waals surface area contributed by atoms with Gasteiger partial charge in [-0.1, -0.05) is 0 Å². The summed E-state index contributed by atoms with van der Waals surface area (Å²) < 4.78 is 0. The molecule has 1 aliphatic rings. The van der Waals surface area contributed by atoms with Crippen LogP contribution in [0.3, 0.4) is 0 Å². The number of hydrogen-bond acceptors (Lipinski definition) is 3. The molecule has 15 heavy (non-hydrogen) atoms. The number of pyridine rings is 1. The van der Waals surface area contributed by atoms with E-state index in [0.717, 1.165) is 12.5 Å². The highest BCUT2D eigenvalue weighted by Crippen LogP contribution is 2.15. The van der Waals surface area contributed by atoms with E-state index in [2.05, 4.69) is 15.6 Å². The van der Waals surface area contributed by atoms with Gasteiger partial charge in [0, 0.05) is 24.6 Å². The Hall–Kier alpha value is -1.09. The van der Waals surface area contributed by atoms with E-state index in [1.54, 1.807) is 0 Å². The van der Waals surface area contributed by atoms with Crippen molar-refractivity contribution in [2.24, 2.45) is 5.92 Å². The van der Waals surface area contributed by atoms with Crippen LogP contribution in [0.4, 0.5) is 5.69 Å². The summed E-state index contributed by atoms with van der Waals surface area (Å²) in [5.74, 6) is 0.903. The van der Waals surface area contributed by atoms with Crippen molar-refractivity contribution in [1.82, 2.24) is 10.3 Å². The second kappa shape index (κ2) is 5.71. The standard InChI is InChI=1S/C12H19N3/c1-6-13-7-2-11(1)3-10-15-12-4-8-14-9-5-12/h4-5,8-9,11,13H,1-3,6-7,10H2,(H,14,15). The van der Waals surface area contributed by atoms with Gasteiger partial charge in [0.25, 0.3) is 0 Å². The van der Waals surface area contributed by atoms with Gasteiger partial charge in [0.15, 0.2) is 0 Å². The molecule has 0 aliphatic carbocycles. The molecule has 0 radical (unpaired) electrons. The quantitative estimate of drug-likeness (QED) is 0.788. The molecule has 0 atom stereocenters. The Kier molecular flexibility index (Phi) is 3.97. The smallest absolute Gasteiger partial charge is 0.0371 e. The van der Waals surface area contributed by atoms with Crippen LogP contribution in [-0.2, 0) is 0 Å². The molecule has 1 saturated heterocycles. The first-order chi connectivity index (χ1) is 7.45. The molecule has 82 valence electrons. The monoisotopic (exact) mass is 205 g/mol. The molecule has 0 aromatic carbocycles. The molecule has 1 fully saturated rings. The van der Waals surface area contributed by atoms with E-state index >= 15 is 0 Å². The van der Waals surface area contributed by atoms with Crippen LogP contribution in [-0.4, -0.2) is 24.6 Å². The van der Waals surface area contributed by atoms with Crippen molar-refractivity contribution >= 4 is 5.69 Å². The van der Waals surface area contributed by atoms with E-state index in [4.69, 9.17) is 0 Å². The van der Waals surface area contributed by atoms with Gasteiger partial charge in [-0.3, -0.25) is 4.98 Å². The van der Waals surface area contributed by atoms with Gasteiger partial charge in [0.2, 0.25) is 0 Å². The maximum atomic E-state index is 4.00. The van der Waals surface area contributed by atoms with Crippen LogP contribution in [0.15, 0.2) is 24.5 Å². The fourth-order valence-corrected chi connectivity index (χ4v) is 2.06. The average molecular weight is 205 g/mol. The zero-order valence-electron chi connectivity index (χ0n) is 9.08. The fourth-order valence-electron chi connectivity index (χ4n) is 2.06. The largest absolute Gasteiger partial charge is 0.385 e. The average Bonchev–Trinajstić information content (AvgIpc) is 2.32. The first-order valence-electron chi connectivity index (χ1n) is 5.80. The molecule has 3 heteroatoms. The first-order valence-corrected chi connectivity index (χ1v) is 5.80. The Morgan fingerprint density at radius 3 is 2.73 bits per heavy atom. The highest BCUT2D eigenvalue weighted by molar-refractivity contribution is 5.40. The maximum Gasteiger partial charge on any atom is 0.0371 e. The van der Waals surface area contributed by atoms with E-state index in [0.29, 0.717) is 0 Å². The zero-order chi connectivity index (χ0) is 10.3. The van der Waals surface area contributed by atoms with Crippen LogP contribution >= 0.6 is 0 Å². The Labute approximate surface area is 91.3 Å². The molecular weight excluding hydrogens is 186 g/mol. The second-order valence-electron chi connectivity index (χ2n) is 4.14. The summed E-state index contributed by atoms with van der Waals surface area (Å²) in [6.07, 6.45) is 7.60. The third kappa shape index (κ3) is 3.51. The summed E-state index contributed by atoms with van der Waals surface area (Å²) in [6, 6.07) is 4.03. The van der Waals surface area contributed by atoms with E-state index < -0.39 is 0 Å². The highest BCUT2D eigenvalue weighted by atomic mass is 14.9. The minimum atomic E-state index is 0.903. The summed E-state index contributed by atoms with van der Waals surface area (Å²) in [5, 5.41) is 6.83. The Morgan fingerprint density at radius 1 is 1.27 bits per heavy atom. The molecular formula is C12H19N3. The number of piperidine rings is 1. The molecule has 1 aliphatic heterocycles. The topological polar surface area (TPSA) is 37.0 Å². The lowest BCUT2D eigenvalue weighted by Crippen LogP contribution is -2.28. The van der Waals surface area contributed by atoms with Gasteiger partial charge < -0.3 is 10.6 Å². The predicted octanol–water partition coefficient (Wildman–Crippen LogP) is 1.88. The number of nitrogens with zero attached hydrogens (tertiary/aromatic N) is 1. The summed E-state index contributed by atoms with van der Waals surface area (Å²) in [6.45, 7) is 3.47. The van der Waals surface area contributed by atoms with Crippen LogP contribution in [0.2, 0.25) is 0 Å². The lowest BCUT2D eigenvalue weighted by Gasteiger charge is -2.22. The molecule has 2 N–H and O–H groups in total. The lowest BCUT2D eigenvalue weighted by atomic mass is 9.95. The first kappa shape index (κ1) is 10.4. The molecule has 0 amide bonds. The number of nitrogens with one attached hydrogen (secondary N) is 2. The number of hydrogen-bond donors (Lipinski definition) is 2. The van der Waals surface area contributed by atoms with E-state index in [9.17, 15) is 0 Å². The van der Waals surface area contributed by atoms with Crippen LogP contribution < -0.4 is 10.6 Å². The van der Waals surface area contributed by atoms with Crippen molar-refractivity contribution in [1.29, 1.82) is 0 Å². The Morgan fingerprint density at radius 2 is 2.00 bits per heavy atom. The van der Waals surface area contributed by atoms with Crippen molar-refractivity contribution in [3.05, 3.63) is 24.5 Å². The van der Waals surface area contributed by atoms with Crippen LogP contribution in [0.1, 0.15) is 19.3 Å². The van der Waals surface area contributed by atoms with Gasteiger partial charge in [-0.05, 0) is 50.4 Å². The summed E-state index contributed by atoms with van der Waals surface area (Å²) in [7, 11) is 0. The Bertz CT molecular complexity index is 267. The summed E-state index contributed by atoms with van der Waals surface area (Å²) >= 11 is 0. The van der Waals surface area contributed by atoms with E-state index in [1.807, 2.05) is 24.5 Å². The minimum Gasteiger partial charge on any atom is -0.385 e. The lowest BCUT2D eigenvalue weighted by molar-refractivity contribution is 0.361. The molecule has 2 heterocycles. The van der Waals surface area contributed by atoms with Crippen LogP contribution in [0.25, 0.3) is 0 Å². The predicted molar refractivity (Wildman–Crippen MR) is 62.9 cm³/mol. The third-order valence-corrected chi connectivity index (χ3v) is 3.02. The van der Waals surface area contributed by atoms with Gasteiger partial charge in [-0.25, -0.2) is 0 Å². The van der Waals surface area contributed by atoms with Gasteiger partial charge in [-0.15, -0.1) is 0 Å². The Balaban J connectivity index is 1.66. The van der Waals surface area contributed by atoms with Crippen molar-refractivity contribution in [3.8, 4) is 0 Å². The molecule has 0 bridgehead atoms. The van der Waals surface area contributed by atoms with Crippen LogP contribution in [0, 0.1) is 5.92 Å². The van der Waals surface area contributed by atoms with Crippen molar-refractivity contribution in [2.45, 2.75) is 19.3 Å². The van der Waals surface area contributed by atoms with Crippen molar-refractivity contribution < 1.29 is 0 Å². The van der Waals surface area contributed by atoms with Crippen molar-refractivity contribution in [2.75, 3.05) is 25.0 Å². The minimum absolute atomic E-state index is 0.903. The molecule has 1 aromatic heterocycles. The molecule has 1 aromatic rings. The molecule has 0 unspecified atom stereocenters. The second-order valence-corrected chi connectivity index (χ2v) is 4.14. The fraction of sp³-hybridized carbons (Fsp3) is 0.583. The molecule has 3 nitrogen and oxygen atoms in total. The number of anilines is 1. The molecule has 0 saturated carbocycles. The summed E-state index contributed by atoms with van der Waals surface area (Å²) in [5.41, 5.74) is 1.18.